The summed E-state index contributed by atoms with van der Waals surface area (Å²) in [6.07, 6.45) is 4.88. The molecule has 28 heavy (non-hydrogen) atoms. The lowest BCUT2D eigenvalue weighted by Crippen LogP contribution is -2.41. The minimum atomic E-state index is -0.683. The molecule has 1 saturated heterocycles. The maximum absolute atomic E-state index is 12.0. The van der Waals surface area contributed by atoms with Gasteiger partial charge < -0.3 is 20.0 Å². The largest absolute Gasteiger partial charge is 0.423 e. The molecule has 0 aliphatic carbocycles. The molecule has 3 aromatic rings. The highest BCUT2D eigenvalue weighted by Gasteiger charge is 2.24. The van der Waals surface area contributed by atoms with Crippen LogP contribution < -0.4 is 15.5 Å². The van der Waals surface area contributed by atoms with Gasteiger partial charge in [0.1, 0.15) is 5.52 Å². The van der Waals surface area contributed by atoms with E-state index in [-0.39, 0.29) is 0 Å². The lowest BCUT2D eigenvalue weighted by atomic mass is 9.97. The molecule has 4 rings (SSSR count). The number of fused-ring (bicyclic) bond motifs is 1. The van der Waals surface area contributed by atoms with Gasteiger partial charge in [-0.15, -0.1) is 0 Å². The Morgan fingerprint density at radius 3 is 2.68 bits per heavy atom. The summed E-state index contributed by atoms with van der Waals surface area (Å²) in [6.45, 7) is 2.07. The number of pyridine rings is 1. The van der Waals surface area contributed by atoms with Gasteiger partial charge in [-0.2, -0.15) is 4.98 Å². The highest BCUT2D eigenvalue weighted by atomic mass is 16.4. The first-order chi connectivity index (χ1) is 13.7. The van der Waals surface area contributed by atoms with Gasteiger partial charge in [-0.25, -0.2) is 0 Å². The molecule has 144 valence electrons. The fraction of sp³-hybridized carbons (Fsp3) is 0.300. The molecular weight excluding hydrogens is 358 g/mol. The Labute approximate surface area is 162 Å². The summed E-state index contributed by atoms with van der Waals surface area (Å²) in [7, 11) is 0. The Balaban J connectivity index is 1.24. The first kappa shape index (κ1) is 18.0. The lowest BCUT2D eigenvalue weighted by Gasteiger charge is -2.30. The number of amides is 2. The molecule has 2 aromatic heterocycles. The van der Waals surface area contributed by atoms with E-state index in [1.807, 2.05) is 24.3 Å². The molecule has 3 heterocycles. The average Bonchev–Trinajstić information content (AvgIpc) is 3.17. The fourth-order valence-corrected chi connectivity index (χ4v) is 3.27. The number of rotatable bonds is 4. The Kier molecular flexibility index (Phi) is 5.18. The predicted octanol–water partition coefficient (Wildman–Crippen LogP) is 2.19. The van der Waals surface area contributed by atoms with Crippen LogP contribution in [-0.2, 0) is 9.59 Å². The number of anilines is 2. The highest BCUT2D eigenvalue weighted by molar-refractivity contribution is 6.39. The van der Waals surface area contributed by atoms with Crippen molar-refractivity contribution in [2.45, 2.75) is 12.8 Å². The van der Waals surface area contributed by atoms with Crippen LogP contribution in [0, 0.1) is 5.92 Å². The van der Waals surface area contributed by atoms with Crippen LogP contribution in [0.15, 0.2) is 53.2 Å². The van der Waals surface area contributed by atoms with Gasteiger partial charge in [-0.1, -0.05) is 12.1 Å². The number of para-hydroxylation sites is 2. The van der Waals surface area contributed by atoms with E-state index < -0.39 is 11.8 Å². The Hall–Kier alpha value is -3.42. The Morgan fingerprint density at radius 1 is 1.11 bits per heavy atom. The van der Waals surface area contributed by atoms with Crippen LogP contribution in [-0.4, -0.2) is 41.4 Å². The molecule has 0 radical (unpaired) electrons. The standard InChI is InChI=1S/C20H21N5O3/c26-18(19(27)23-15-4-3-9-21-13-15)22-12-14-7-10-25(11-8-14)20-24-16-5-1-2-6-17(16)28-20/h1-6,9,13-14H,7-8,10-12H2,(H,22,26)(H,23,27). The van der Waals surface area contributed by atoms with Crippen molar-refractivity contribution < 1.29 is 14.0 Å². The van der Waals surface area contributed by atoms with Crippen molar-refractivity contribution in [1.29, 1.82) is 0 Å². The molecule has 2 amide bonds. The fourth-order valence-electron chi connectivity index (χ4n) is 3.27. The summed E-state index contributed by atoms with van der Waals surface area (Å²) in [5.41, 5.74) is 2.13. The van der Waals surface area contributed by atoms with E-state index in [4.69, 9.17) is 4.42 Å². The molecule has 1 fully saturated rings. The molecule has 1 aliphatic rings. The van der Waals surface area contributed by atoms with Crippen molar-refractivity contribution in [3.8, 4) is 0 Å². The van der Waals surface area contributed by atoms with Gasteiger partial charge in [-0.3, -0.25) is 14.6 Å². The molecular formula is C20H21N5O3. The molecule has 0 spiro atoms. The number of benzene rings is 1. The molecule has 8 heteroatoms. The average molecular weight is 379 g/mol. The number of nitrogens with one attached hydrogen (secondary N) is 2. The SMILES string of the molecule is O=C(NCC1CCN(c2nc3ccccc3o2)CC1)C(=O)Nc1cccnc1. The van der Waals surface area contributed by atoms with Crippen LogP contribution >= 0.6 is 0 Å². The monoisotopic (exact) mass is 379 g/mol. The second-order valence-corrected chi connectivity index (χ2v) is 6.80. The molecule has 1 aromatic carbocycles. The van der Waals surface area contributed by atoms with Crippen molar-refractivity contribution in [3.05, 3.63) is 48.8 Å². The molecule has 0 atom stereocenters. The summed E-state index contributed by atoms with van der Waals surface area (Å²) in [5, 5.41) is 5.25. The summed E-state index contributed by atoms with van der Waals surface area (Å²) >= 11 is 0. The minimum Gasteiger partial charge on any atom is -0.423 e. The van der Waals surface area contributed by atoms with Crippen molar-refractivity contribution in [2.75, 3.05) is 29.9 Å². The molecule has 1 aliphatic heterocycles. The number of hydrogen-bond acceptors (Lipinski definition) is 6. The van der Waals surface area contributed by atoms with Crippen molar-refractivity contribution in [3.63, 3.8) is 0 Å². The van der Waals surface area contributed by atoms with E-state index in [1.165, 1.54) is 6.20 Å². The second kappa shape index (κ2) is 8.08. The van der Waals surface area contributed by atoms with Gasteiger partial charge in [-0.05, 0) is 43.0 Å². The van der Waals surface area contributed by atoms with E-state index in [2.05, 4.69) is 25.5 Å². The maximum atomic E-state index is 12.0. The van der Waals surface area contributed by atoms with Crippen molar-refractivity contribution in [1.82, 2.24) is 15.3 Å². The highest BCUT2D eigenvalue weighted by Crippen LogP contribution is 2.26. The topological polar surface area (TPSA) is 100 Å². The predicted molar refractivity (Wildman–Crippen MR) is 105 cm³/mol. The summed E-state index contributed by atoms with van der Waals surface area (Å²) < 4.78 is 5.82. The zero-order valence-electron chi connectivity index (χ0n) is 15.3. The van der Waals surface area contributed by atoms with Gasteiger partial charge in [0.15, 0.2) is 5.58 Å². The van der Waals surface area contributed by atoms with Crippen LogP contribution in [0.25, 0.3) is 11.1 Å². The minimum absolute atomic E-state index is 0.316. The molecule has 0 unspecified atom stereocenters. The molecule has 2 N–H and O–H groups in total. The number of carbonyl (C=O) groups is 2. The van der Waals surface area contributed by atoms with Gasteiger partial charge in [0.05, 0.1) is 11.9 Å². The zero-order valence-corrected chi connectivity index (χ0v) is 15.3. The van der Waals surface area contributed by atoms with E-state index in [1.54, 1.807) is 18.3 Å². The second-order valence-electron chi connectivity index (χ2n) is 6.80. The summed E-state index contributed by atoms with van der Waals surface area (Å²) in [4.78, 5) is 34.5. The number of oxazole rings is 1. The molecule has 0 saturated carbocycles. The number of nitrogens with zero attached hydrogens (tertiary/aromatic N) is 3. The van der Waals surface area contributed by atoms with E-state index in [0.29, 0.717) is 24.2 Å². The Bertz CT molecular complexity index is 931. The van der Waals surface area contributed by atoms with Crippen molar-refractivity contribution >= 4 is 34.6 Å². The summed E-state index contributed by atoms with van der Waals surface area (Å²) in [6, 6.07) is 11.7. The summed E-state index contributed by atoms with van der Waals surface area (Å²) in [5.74, 6) is -1.00. The number of aromatic nitrogens is 2. The molecule has 8 nitrogen and oxygen atoms in total. The third-order valence-corrected chi connectivity index (χ3v) is 4.84. The third-order valence-electron chi connectivity index (χ3n) is 4.84. The van der Waals surface area contributed by atoms with Crippen LogP contribution in [0.5, 0.6) is 0 Å². The van der Waals surface area contributed by atoms with Gasteiger partial charge in [0.25, 0.3) is 6.01 Å². The first-order valence-corrected chi connectivity index (χ1v) is 9.29. The normalized spacial score (nSPS) is 14.8. The van der Waals surface area contributed by atoms with E-state index in [0.717, 1.165) is 37.0 Å². The van der Waals surface area contributed by atoms with Crippen LogP contribution in [0.3, 0.4) is 0 Å². The van der Waals surface area contributed by atoms with Crippen molar-refractivity contribution in [2.24, 2.45) is 5.92 Å². The number of hydrogen-bond donors (Lipinski definition) is 2. The lowest BCUT2D eigenvalue weighted by molar-refractivity contribution is -0.136. The zero-order chi connectivity index (χ0) is 19.3. The Morgan fingerprint density at radius 2 is 1.93 bits per heavy atom. The maximum Gasteiger partial charge on any atom is 0.313 e. The van der Waals surface area contributed by atoms with Crippen LogP contribution in [0.1, 0.15) is 12.8 Å². The van der Waals surface area contributed by atoms with Crippen LogP contribution in [0.4, 0.5) is 11.7 Å². The third kappa shape index (κ3) is 4.11. The van der Waals surface area contributed by atoms with Gasteiger partial charge >= 0.3 is 11.8 Å². The van der Waals surface area contributed by atoms with E-state index >= 15 is 0 Å². The molecule has 0 bridgehead atoms. The van der Waals surface area contributed by atoms with Crippen LogP contribution in [0.2, 0.25) is 0 Å². The van der Waals surface area contributed by atoms with Gasteiger partial charge in [0.2, 0.25) is 0 Å². The smallest absolute Gasteiger partial charge is 0.313 e. The quantitative estimate of drug-likeness (QED) is 0.674. The van der Waals surface area contributed by atoms with E-state index in [9.17, 15) is 9.59 Å². The number of piperidine rings is 1. The first-order valence-electron chi connectivity index (χ1n) is 9.29. The number of carbonyl (C=O) groups excluding carboxylic acids is 2. The van der Waals surface area contributed by atoms with Gasteiger partial charge in [0, 0.05) is 25.8 Å².